The summed E-state index contributed by atoms with van der Waals surface area (Å²) in [4.78, 5) is 10.7. The van der Waals surface area contributed by atoms with Crippen LogP contribution < -0.4 is 4.74 Å². The molecule has 5 nitrogen and oxygen atoms in total. The lowest BCUT2D eigenvalue weighted by molar-refractivity contribution is -0.137. The number of carboxylic acid groups (broad SMARTS) is 1. The van der Waals surface area contributed by atoms with Gasteiger partial charge in [0.1, 0.15) is 18.9 Å². The van der Waals surface area contributed by atoms with E-state index in [9.17, 15) is 4.79 Å². The van der Waals surface area contributed by atoms with Crippen molar-refractivity contribution in [3.8, 4) is 16.9 Å². The van der Waals surface area contributed by atoms with E-state index >= 15 is 0 Å². The number of hydrogen-bond donors (Lipinski definition) is 1. The van der Waals surface area contributed by atoms with Crippen LogP contribution in [0.1, 0.15) is 5.56 Å². The SMILES string of the molecule is O=C(O)Cn1cc(-c2cccc(OCc3c(Cl)cccc3Cl)c2)cn1. The van der Waals surface area contributed by atoms with E-state index in [0.717, 1.165) is 16.7 Å². The second kappa shape index (κ2) is 7.59. The number of carboxylic acids is 1. The number of halogens is 2. The fourth-order valence-electron chi connectivity index (χ4n) is 2.33. The predicted molar refractivity (Wildman–Crippen MR) is 96.1 cm³/mol. The standard InChI is InChI=1S/C18H14Cl2N2O3/c19-16-5-2-6-17(20)15(16)11-25-14-4-1-3-12(7-14)13-8-21-22(9-13)10-18(23)24/h1-9H,10-11H2,(H,23,24). The summed E-state index contributed by atoms with van der Waals surface area (Å²) in [6, 6.07) is 12.7. The van der Waals surface area contributed by atoms with E-state index in [4.69, 9.17) is 33.0 Å². The van der Waals surface area contributed by atoms with Crippen LogP contribution in [-0.4, -0.2) is 20.9 Å². The molecule has 0 aliphatic carbocycles. The van der Waals surface area contributed by atoms with Gasteiger partial charge in [-0.1, -0.05) is 41.4 Å². The fourth-order valence-corrected chi connectivity index (χ4v) is 2.84. The molecule has 0 aliphatic heterocycles. The Morgan fingerprint density at radius 3 is 2.56 bits per heavy atom. The van der Waals surface area contributed by atoms with Crippen LogP contribution in [0.5, 0.6) is 5.75 Å². The van der Waals surface area contributed by atoms with E-state index in [1.54, 1.807) is 30.6 Å². The summed E-state index contributed by atoms with van der Waals surface area (Å²) in [5.74, 6) is -0.289. The predicted octanol–water partition coefficient (Wildman–Crippen LogP) is 4.52. The maximum absolute atomic E-state index is 10.7. The van der Waals surface area contributed by atoms with Crippen LogP contribution >= 0.6 is 23.2 Å². The van der Waals surface area contributed by atoms with Gasteiger partial charge in [-0.15, -0.1) is 0 Å². The van der Waals surface area contributed by atoms with Gasteiger partial charge in [-0.05, 0) is 29.8 Å². The van der Waals surface area contributed by atoms with Gasteiger partial charge in [0.15, 0.2) is 0 Å². The van der Waals surface area contributed by atoms with Gasteiger partial charge in [0.2, 0.25) is 0 Å². The number of rotatable bonds is 6. The van der Waals surface area contributed by atoms with Crippen LogP contribution in [0, 0.1) is 0 Å². The molecular formula is C18H14Cl2N2O3. The van der Waals surface area contributed by atoms with Crippen molar-refractivity contribution in [1.82, 2.24) is 9.78 Å². The molecule has 1 heterocycles. The highest BCUT2D eigenvalue weighted by Gasteiger charge is 2.08. The van der Waals surface area contributed by atoms with Gasteiger partial charge in [0, 0.05) is 27.4 Å². The number of aliphatic carboxylic acids is 1. The van der Waals surface area contributed by atoms with E-state index in [2.05, 4.69) is 5.10 Å². The molecule has 0 spiro atoms. The highest BCUT2D eigenvalue weighted by molar-refractivity contribution is 6.35. The smallest absolute Gasteiger partial charge is 0.325 e. The normalized spacial score (nSPS) is 10.6. The number of benzene rings is 2. The first-order valence-electron chi connectivity index (χ1n) is 7.43. The van der Waals surface area contributed by atoms with Gasteiger partial charge >= 0.3 is 5.97 Å². The Hall–Kier alpha value is -2.50. The molecule has 1 aromatic heterocycles. The molecule has 0 unspecified atom stereocenters. The lowest BCUT2D eigenvalue weighted by Gasteiger charge is -2.10. The number of carbonyl (C=O) groups is 1. The Labute approximate surface area is 154 Å². The Balaban J connectivity index is 1.75. The highest BCUT2D eigenvalue weighted by atomic mass is 35.5. The molecular weight excluding hydrogens is 363 g/mol. The van der Waals surface area contributed by atoms with Crippen molar-refractivity contribution in [2.45, 2.75) is 13.2 Å². The van der Waals surface area contributed by atoms with E-state index in [0.29, 0.717) is 15.8 Å². The zero-order valence-electron chi connectivity index (χ0n) is 13.0. The minimum atomic E-state index is -0.941. The maximum atomic E-state index is 10.7. The van der Waals surface area contributed by atoms with Gasteiger partial charge in [-0.3, -0.25) is 9.48 Å². The van der Waals surface area contributed by atoms with Crippen LogP contribution in [0.25, 0.3) is 11.1 Å². The third-order valence-corrected chi connectivity index (χ3v) is 4.25. The molecule has 3 aromatic rings. The van der Waals surface area contributed by atoms with Crippen molar-refractivity contribution in [3.63, 3.8) is 0 Å². The molecule has 2 aromatic carbocycles. The third kappa shape index (κ3) is 4.32. The summed E-state index contributed by atoms with van der Waals surface area (Å²) in [7, 11) is 0. The number of aromatic nitrogens is 2. The summed E-state index contributed by atoms with van der Waals surface area (Å²) in [5, 5.41) is 14.0. The van der Waals surface area contributed by atoms with Crippen molar-refractivity contribution >= 4 is 29.2 Å². The summed E-state index contributed by atoms with van der Waals surface area (Å²) in [6.07, 6.45) is 3.30. The molecule has 0 amide bonds. The summed E-state index contributed by atoms with van der Waals surface area (Å²) in [6.45, 7) is 0.0709. The Morgan fingerprint density at radius 2 is 1.84 bits per heavy atom. The first-order valence-corrected chi connectivity index (χ1v) is 8.19. The average Bonchev–Trinajstić information content (AvgIpc) is 3.02. The van der Waals surface area contributed by atoms with Crippen molar-refractivity contribution in [2.24, 2.45) is 0 Å². The quantitative estimate of drug-likeness (QED) is 0.686. The monoisotopic (exact) mass is 376 g/mol. The molecule has 0 bridgehead atoms. The zero-order chi connectivity index (χ0) is 17.8. The Kier molecular flexibility index (Phi) is 5.26. The van der Waals surface area contributed by atoms with Crippen LogP contribution in [-0.2, 0) is 17.9 Å². The number of nitrogens with zero attached hydrogens (tertiary/aromatic N) is 2. The van der Waals surface area contributed by atoms with Crippen LogP contribution in [0.3, 0.4) is 0 Å². The molecule has 3 rings (SSSR count). The minimum Gasteiger partial charge on any atom is -0.489 e. The van der Waals surface area contributed by atoms with Gasteiger partial charge in [-0.2, -0.15) is 5.10 Å². The molecule has 0 atom stereocenters. The van der Waals surface area contributed by atoms with E-state index in [1.165, 1.54) is 4.68 Å². The van der Waals surface area contributed by atoms with Crippen molar-refractivity contribution < 1.29 is 14.6 Å². The molecule has 0 saturated heterocycles. The largest absolute Gasteiger partial charge is 0.489 e. The van der Waals surface area contributed by atoms with Crippen LogP contribution in [0.4, 0.5) is 0 Å². The van der Waals surface area contributed by atoms with Gasteiger partial charge in [0.05, 0.1) is 6.20 Å². The second-order valence-electron chi connectivity index (χ2n) is 5.34. The van der Waals surface area contributed by atoms with Gasteiger partial charge in [-0.25, -0.2) is 0 Å². The van der Waals surface area contributed by atoms with E-state index in [1.807, 2.05) is 24.3 Å². The minimum absolute atomic E-state index is 0.179. The molecule has 7 heteroatoms. The van der Waals surface area contributed by atoms with Gasteiger partial charge < -0.3 is 9.84 Å². The first-order chi connectivity index (χ1) is 12.0. The second-order valence-corrected chi connectivity index (χ2v) is 6.15. The first kappa shape index (κ1) is 17.3. The summed E-state index contributed by atoms with van der Waals surface area (Å²) >= 11 is 12.3. The molecule has 128 valence electrons. The third-order valence-electron chi connectivity index (χ3n) is 3.54. The summed E-state index contributed by atoms with van der Waals surface area (Å²) in [5.41, 5.74) is 2.41. The number of ether oxygens (including phenoxy) is 1. The highest BCUT2D eigenvalue weighted by Crippen LogP contribution is 2.28. The van der Waals surface area contributed by atoms with Crippen molar-refractivity contribution in [2.75, 3.05) is 0 Å². The van der Waals surface area contributed by atoms with Crippen molar-refractivity contribution in [3.05, 3.63) is 70.5 Å². The lowest BCUT2D eigenvalue weighted by atomic mass is 10.1. The van der Waals surface area contributed by atoms with Gasteiger partial charge in [0.25, 0.3) is 0 Å². The molecule has 0 fully saturated rings. The van der Waals surface area contributed by atoms with Crippen molar-refractivity contribution in [1.29, 1.82) is 0 Å². The van der Waals surface area contributed by atoms with Crippen LogP contribution in [0.15, 0.2) is 54.9 Å². The summed E-state index contributed by atoms with van der Waals surface area (Å²) < 4.78 is 7.17. The Bertz CT molecular complexity index is 889. The molecule has 0 saturated carbocycles. The zero-order valence-corrected chi connectivity index (χ0v) is 14.5. The lowest BCUT2D eigenvalue weighted by Crippen LogP contribution is -2.08. The maximum Gasteiger partial charge on any atom is 0.325 e. The molecule has 0 aliphatic rings. The molecule has 1 N–H and O–H groups in total. The number of hydrogen-bond acceptors (Lipinski definition) is 3. The average molecular weight is 377 g/mol. The van der Waals surface area contributed by atoms with E-state index < -0.39 is 5.97 Å². The van der Waals surface area contributed by atoms with E-state index in [-0.39, 0.29) is 13.2 Å². The Morgan fingerprint density at radius 1 is 1.12 bits per heavy atom. The van der Waals surface area contributed by atoms with Crippen LogP contribution in [0.2, 0.25) is 10.0 Å². The molecule has 25 heavy (non-hydrogen) atoms. The molecule has 0 radical (unpaired) electrons. The topological polar surface area (TPSA) is 64.3 Å². The fraction of sp³-hybridized carbons (Fsp3) is 0.111.